The molecule has 0 aliphatic heterocycles. The van der Waals surface area contributed by atoms with E-state index in [0.717, 1.165) is 5.56 Å². The first-order chi connectivity index (χ1) is 8.17. The SMILES string of the molecule is CC.COC(=O)CCc1ccc(O)c(C=O)c1. The lowest BCUT2D eigenvalue weighted by atomic mass is 10.1. The maximum Gasteiger partial charge on any atom is 0.305 e. The van der Waals surface area contributed by atoms with Gasteiger partial charge in [-0.15, -0.1) is 0 Å². The lowest BCUT2D eigenvalue weighted by Gasteiger charge is -2.02. The van der Waals surface area contributed by atoms with Crippen LogP contribution in [0.5, 0.6) is 5.75 Å². The number of benzene rings is 1. The molecule has 0 spiro atoms. The summed E-state index contributed by atoms with van der Waals surface area (Å²) in [4.78, 5) is 21.4. The van der Waals surface area contributed by atoms with E-state index in [2.05, 4.69) is 4.74 Å². The smallest absolute Gasteiger partial charge is 0.305 e. The van der Waals surface area contributed by atoms with Gasteiger partial charge in [-0.05, 0) is 24.1 Å². The molecule has 0 amide bonds. The van der Waals surface area contributed by atoms with Gasteiger partial charge in [0, 0.05) is 6.42 Å². The third-order valence-electron chi connectivity index (χ3n) is 2.06. The van der Waals surface area contributed by atoms with Crippen LogP contribution in [0.4, 0.5) is 0 Å². The van der Waals surface area contributed by atoms with Crippen LogP contribution >= 0.6 is 0 Å². The molecule has 0 aromatic heterocycles. The predicted molar refractivity (Wildman–Crippen MR) is 65.2 cm³/mol. The van der Waals surface area contributed by atoms with Crippen LogP contribution in [0.2, 0.25) is 0 Å². The summed E-state index contributed by atoms with van der Waals surface area (Å²) in [5, 5.41) is 9.24. The molecule has 0 saturated carbocycles. The maximum atomic E-state index is 10.9. The molecule has 94 valence electrons. The van der Waals surface area contributed by atoms with Gasteiger partial charge in [0.15, 0.2) is 6.29 Å². The fraction of sp³-hybridized carbons (Fsp3) is 0.385. The highest BCUT2D eigenvalue weighted by Gasteiger charge is 2.04. The van der Waals surface area contributed by atoms with E-state index in [1.165, 1.54) is 13.2 Å². The molecular weight excluding hydrogens is 220 g/mol. The van der Waals surface area contributed by atoms with E-state index in [0.29, 0.717) is 12.7 Å². The van der Waals surface area contributed by atoms with Crippen LogP contribution < -0.4 is 0 Å². The van der Waals surface area contributed by atoms with Crippen molar-refractivity contribution in [3.63, 3.8) is 0 Å². The van der Waals surface area contributed by atoms with E-state index in [-0.39, 0.29) is 23.7 Å². The van der Waals surface area contributed by atoms with Crippen molar-refractivity contribution in [1.82, 2.24) is 0 Å². The van der Waals surface area contributed by atoms with Crippen LogP contribution in [0.25, 0.3) is 0 Å². The first kappa shape index (κ1) is 15.2. The highest BCUT2D eigenvalue weighted by atomic mass is 16.5. The minimum atomic E-state index is -0.296. The van der Waals surface area contributed by atoms with Crippen LogP contribution in [0.1, 0.15) is 36.2 Å². The van der Waals surface area contributed by atoms with Gasteiger partial charge >= 0.3 is 5.97 Å². The van der Waals surface area contributed by atoms with Crippen LogP contribution in [0, 0.1) is 0 Å². The van der Waals surface area contributed by atoms with Crippen molar-refractivity contribution in [2.75, 3.05) is 7.11 Å². The second kappa shape index (κ2) is 8.33. The summed E-state index contributed by atoms with van der Waals surface area (Å²) in [7, 11) is 1.33. The zero-order valence-electron chi connectivity index (χ0n) is 10.4. The molecule has 0 fully saturated rings. The third-order valence-corrected chi connectivity index (χ3v) is 2.06. The number of hydrogen-bond donors (Lipinski definition) is 1. The topological polar surface area (TPSA) is 63.6 Å². The number of aryl methyl sites for hydroxylation is 1. The lowest BCUT2D eigenvalue weighted by Crippen LogP contribution is -2.02. The van der Waals surface area contributed by atoms with Gasteiger partial charge in [-0.3, -0.25) is 9.59 Å². The summed E-state index contributed by atoms with van der Waals surface area (Å²) in [5.41, 5.74) is 1.05. The summed E-state index contributed by atoms with van der Waals surface area (Å²) in [6.45, 7) is 4.00. The molecule has 1 rings (SSSR count). The molecule has 0 saturated heterocycles. The van der Waals surface area contributed by atoms with E-state index in [9.17, 15) is 14.7 Å². The van der Waals surface area contributed by atoms with E-state index < -0.39 is 0 Å². The summed E-state index contributed by atoms with van der Waals surface area (Å²) in [6.07, 6.45) is 1.34. The highest BCUT2D eigenvalue weighted by Crippen LogP contribution is 2.17. The number of esters is 1. The van der Waals surface area contributed by atoms with Crippen LogP contribution in [-0.2, 0) is 16.0 Å². The van der Waals surface area contributed by atoms with Crippen LogP contribution in [0.3, 0.4) is 0 Å². The van der Waals surface area contributed by atoms with Crippen molar-refractivity contribution < 1.29 is 19.4 Å². The Morgan fingerprint density at radius 2 is 2.06 bits per heavy atom. The molecule has 0 atom stereocenters. The second-order valence-electron chi connectivity index (χ2n) is 3.09. The monoisotopic (exact) mass is 238 g/mol. The Hall–Kier alpha value is -1.84. The minimum Gasteiger partial charge on any atom is -0.507 e. The summed E-state index contributed by atoms with van der Waals surface area (Å²) >= 11 is 0. The minimum absolute atomic E-state index is 0.0492. The van der Waals surface area contributed by atoms with Crippen LogP contribution in [0.15, 0.2) is 18.2 Å². The molecule has 0 radical (unpaired) electrons. The summed E-state index contributed by atoms with van der Waals surface area (Å²) in [5.74, 6) is -0.345. The van der Waals surface area contributed by atoms with Gasteiger partial charge in [-0.25, -0.2) is 0 Å². The van der Waals surface area contributed by atoms with E-state index in [4.69, 9.17) is 0 Å². The number of carbonyl (C=O) groups excluding carboxylic acids is 2. The molecule has 0 unspecified atom stereocenters. The second-order valence-corrected chi connectivity index (χ2v) is 3.09. The number of phenolic OH excluding ortho intramolecular Hbond substituents is 1. The standard InChI is InChI=1S/C11H12O4.C2H6/c1-15-11(14)5-3-8-2-4-10(13)9(6-8)7-12;1-2/h2,4,6-7,13H,3,5H2,1H3;1-2H3. The van der Waals surface area contributed by atoms with Crippen molar-refractivity contribution in [2.24, 2.45) is 0 Å². The molecule has 1 N–H and O–H groups in total. The summed E-state index contributed by atoms with van der Waals surface area (Å²) < 4.78 is 4.49. The quantitative estimate of drug-likeness (QED) is 0.646. The number of aromatic hydroxyl groups is 1. The molecule has 0 aliphatic rings. The number of ether oxygens (including phenoxy) is 1. The summed E-state index contributed by atoms with van der Waals surface area (Å²) in [6, 6.07) is 4.67. The fourth-order valence-corrected chi connectivity index (χ4v) is 1.20. The molecule has 4 heteroatoms. The van der Waals surface area contributed by atoms with Crippen molar-refractivity contribution in [3.8, 4) is 5.75 Å². The molecule has 0 bridgehead atoms. The molecule has 0 heterocycles. The number of hydrogen-bond acceptors (Lipinski definition) is 4. The number of phenols is 1. The first-order valence-corrected chi connectivity index (χ1v) is 5.51. The van der Waals surface area contributed by atoms with Gasteiger partial charge in [0.1, 0.15) is 5.75 Å². The van der Waals surface area contributed by atoms with Crippen LogP contribution in [-0.4, -0.2) is 24.5 Å². The molecule has 0 aliphatic carbocycles. The van der Waals surface area contributed by atoms with Gasteiger partial charge in [-0.1, -0.05) is 19.9 Å². The van der Waals surface area contributed by atoms with Gasteiger partial charge < -0.3 is 9.84 Å². The highest BCUT2D eigenvalue weighted by molar-refractivity contribution is 5.79. The van der Waals surface area contributed by atoms with Gasteiger partial charge in [0.05, 0.1) is 12.7 Å². The van der Waals surface area contributed by atoms with Crippen molar-refractivity contribution in [1.29, 1.82) is 0 Å². The van der Waals surface area contributed by atoms with E-state index in [1.54, 1.807) is 12.1 Å². The van der Waals surface area contributed by atoms with Crippen molar-refractivity contribution >= 4 is 12.3 Å². The predicted octanol–water partition coefficient (Wildman–Crippen LogP) is 2.34. The lowest BCUT2D eigenvalue weighted by molar-refractivity contribution is -0.140. The molecule has 1 aromatic carbocycles. The Bertz CT molecular complexity index is 372. The molecule has 4 nitrogen and oxygen atoms in total. The van der Waals surface area contributed by atoms with Crippen molar-refractivity contribution in [2.45, 2.75) is 26.7 Å². The zero-order chi connectivity index (χ0) is 13.3. The number of carbonyl (C=O) groups is 2. The van der Waals surface area contributed by atoms with Gasteiger partial charge in [0.2, 0.25) is 0 Å². The molecule has 17 heavy (non-hydrogen) atoms. The average molecular weight is 238 g/mol. The Labute approximate surface area is 101 Å². The largest absolute Gasteiger partial charge is 0.507 e. The first-order valence-electron chi connectivity index (χ1n) is 5.51. The van der Waals surface area contributed by atoms with E-state index in [1.807, 2.05) is 13.8 Å². The molecule has 1 aromatic rings. The van der Waals surface area contributed by atoms with Gasteiger partial charge in [0.25, 0.3) is 0 Å². The number of methoxy groups -OCH3 is 1. The zero-order valence-corrected chi connectivity index (χ0v) is 10.4. The van der Waals surface area contributed by atoms with E-state index >= 15 is 0 Å². The fourth-order valence-electron chi connectivity index (χ4n) is 1.20. The Kier molecular flexibility index (Phi) is 7.43. The average Bonchev–Trinajstić information content (AvgIpc) is 2.39. The molecular formula is C13H18O4. The van der Waals surface area contributed by atoms with Gasteiger partial charge in [-0.2, -0.15) is 0 Å². The normalized spacial score (nSPS) is 8.88. The third kappa shape index (κ3) is 5.15. The maximum absolute atomic E-state index is 10.9. The Morgan fingerprint density at radius 1 is 1.41 bits per heavy atom. The number of rotatable bonds is 4. The Balaban J connectivity index is 0.00000121. The Morgan fingerprint density at radius 3 is 2.59 bits per heavy atom. The number of aldehydes is 1. The van der Waals surface area contributed by atoms with Crippen molar-refractivity contribution in [3.05, 3.63) is 29.3 Å².